The summed E-state index contributed by atoms with van der Waals surface area (Å²) < 4.78 is 0. The molecule has 0 aliphatic rings. The van der Waals surface area contributed by atoms with Gasteiger partial charge in [0.1, 0.15) is 11.1 Å². The summed E-state index contributed by atoms with van der Waals surface area (Å²) in [4.78, 5) is 6.49. The highest BCUT2D eigenvalue weighted by molar-refractivity contribution is 7.10. The van der Waals surface area contributed by atoms with E-state index in [-0.39, 0.29) is 0 Å². The average Bonchev–Trinajstić information content (AvgIpc) is 3.45. The van der Waals surface area contributed by atoms with Crippen LogP contribution in [0.5, 0.6) is 0 Å². The number of aromatic nitrogens is 1. The highest BCUT2D eigenvalue weighted by Gasteiger charge is 2.12. The number of rotatable bonds is 6. The van der Waals surface area contributed by atoms with Crippen molar-refractivity contribution in [1.82, 2.24) is 4.98 Å². The standard InChI is InChI=1S/C30H21N3S/c31-22-26(30-32-19-20-34-30)21-23-11-13-24(14-12-23)25-15-17-29(18-16-25)33(27-7-3-1-4-8-27)28-9-5-2-6-10-28/h1-21H. The summed E-state index contributed by atoms with van der Waals surface area (Å²) in [7, 11) is 0. The fraction of sp³-hybridized carbons (Fsp3) is 0. The summed E-state index contributed by atoms with van der Waals surface area (Å²) in [6.45, 7) is 0. The van der Waals surface area contributed by atoms with E-state index in [9.17, 15) is 5.26 Å². The molecule has 1 heterocycles. The molecule has 0 spiro atoms. The summed E-state index contributed by atoms with van der Waals surface area (Å²) >= 11 is 1.47. The molecule has 0 radical (unpaired) electrons. The summed E-state index contributed by atoms with van der Waals surface area (Å²) in [6, 6.07) is 39.9. The van der Waals surface area contributed by atoms with E-state index < -0.39 is 0 Å². The highest BCUT2D eigenvalue weighted by atomic mass is 32.1. The van der Waals surface area contributed by atoms with Crippen LogP contribution in [-0.4, -0.2) is 4.98 Å². The first-order valence-corrected chi connectivity index (χ1v) is 11.8. The van der Waals surface area contributed by atoms with Crippen molar-refractivity contribution in [1.29, 1.82) is 5.26 Å². The van der Waals surface area contributed by atoms with Crippen LogP contribution in [0.25, 0.3) is 22.8 Å². The van der Waals surface area contributed by atoms with Crippen molar-refractivity contribution in [3.8, 4) is 17.2 Å². The third-order valence-corrected chi connectivity index (χ3v) is 6.30. The maximum absolute atomic E-state index is 9.47. The minimum atomic E-state index is 0.578. The molecule has 0 fully saturated rings. The highest BCUT2D eigenvalue weighted by Crippen LogP contribution is 2.35. The molecule has 0 bridgehead atoms. The summed E-state index contributed by atoms with van der Waals surface area (Å²) in [5.74, 6) is 0. The number of para-hydroxylation sites is 2. The fourth-order valence-corrected chi connectivity index (χ4v) is 4.44. The zero-order valence-electron chi connectivity index (χ0n) is 18.4. The van der Waals surface area contributed by atoms with E-state index >= 15 is 0 Å². The molecule has 4 heteroatoms. The van der Waals surface area contributed by atoms with Gasteiger partial charge in [-0.15, -0.1) is 11.3 Å². The Morgan fingerprint density at radius 3 is 1.74 bits per heavy atom. The van der Waals surface area contributed by atoms with Crippen molar-refractivity contribution in [3.63, 3.8) is 0 Å². The Kier molecular flexibility index (Phi) is 6.29. The molecule has 34 heavy (non-hydrogen) atoms. The van der Waals surface area contributed by atoms with E-state index in [1.54, 1.807) is 6.20 Å². The summed E-state index contributed by atoms with van der Waals surface area (Å²) in [5, 5.41) is 12.1. The lowest BCUT2D eigenvalue weighted by molar-refractivity contribution is 1.28. The van der Waals surface area contributed by atoms with Crippen LogP contribution >= 0.6 is 11.3 Å². The van der Waals surface area contributed by atoms with Crippen molar-refractivity contribution < 1.29 is 0 Å². The van der Waals surface area contributed by atoms with Gasteiger partial charge in [-0.05, 0) is 59.2 Å². The van der Waals surface area contributed by atoms with Crippen LogP contribution in [0.3, 0.4) is 0 Å². The van der Waals surface area contributed by atoms with E-state index in [1.165, 1.54) is 11.3 Å². The van der Waals surface area contributed by atoms with Crippen LogP contribution in [0.15, 0.2) is 121 Å². The molecule has 0 saturated heterocycles. The van der Waals surface area contributed by atoms with Gasteiger partial charge in [0, 0.05) is 28.6 Å². The zero-order valence-corrected chi connectivity index (χ0v) is 19.2. The van der Waals surface area contributed by atoms with Crippen molar-refractivity contribution in [2.45, 2.75) is 0 Å². The first-order valence-electron chi connectivity index (χ1n) is 10.9. The molecular weight excluding hydrogens is 434 g/mol. The molecule has 3 nitrogen and oxygen atoms in total. The summed E-state index contributed by atoms with van der Waals surface area (Å²) in [6.07, 6.45) is 3.60. The second-order valence-corrected chi connectivity index (χ2v) is 8.58. The molecule has 5 aromatic rings. The molecule has 4 aromatic carbocycles. The molecule has 0 unspecified atom stereocenters. The number of anilines is 3. The Balaban J connectivity index is 1.42. The number of benzene rings is 4. The second-order valence-electron chi connectivity index (χ2n) is 7.68. The van der Waals surface area contributed by atoms with Gasteiger partial charge in [-0.1, -0.05) is 72.8 Å². The Morgan fingerprint density at radius 1 is 0.706 bits per heavy atom. The van der Waals surface area contributed by atoms with Crippen LogP contribution in [0.4, 0.5) is 17.1 Å². The molecule has 5 rings (SSSR count). The van der Waals surface area contributed by atoms with Crippen LogP contribution in [0.2, 0.25) is 0 Å². The lowest BCUT2D eigenvalue weighted by Gasteiger charge is -2.25. The first kappa shape index (κ1) is 21.4. The Hall–Kier alpha value is -4.46. The van der Waals surface area contributed by atoms with E-state index in [1.807, 2.05) is 35.7 Å². The van der Waals surface area contributed by atoms with E-state index in [0.717, 1.165) is 38.8 Å². The molecule has 0 aliphatic carbocycles. The van der Waals surface area contributed by atoms with E-state index in [4.69, 9.17) is 0 Å². The molecule has 0 aliphatic heterocycles. The number of allylic oxidation sites excluding steroid dienone is 1. The number of nitriles is 1. The monoisotopic (exact) mass is 455 g/mol. The van der Waals surface area contributed by atoms with E-state index in [2.05, 4.69) is 101 Å². The third kappa shape index (κ3) is 4.66. The van der Waals surface area contributed by atoms with Gasteiger partial charge < -0.3 is 4.90 Å². The number of hydrogen-bond donors (Lipinski definition) is 0. The molecule has 1 aromatic heterocycles. The molecular formula is C30H21N3S. The number of thiazole rings is 1. The van der Waals surface area contributed by atoms with Gasteiger partial charge in [0.25, 0.3) is 0 Å². The van der Waals surface area contributed by atoms with Crippen LogP contribution in [-0.2, 0) is 0 Å². The van der Waals surface area contributed by atoms with Gasteiger partial charge in [0.2, 0.25) is 0 Å². The number of hydrogen-bond acceptors (Lipinski definition) is 4. The van der Waals surface area contributed by atoms with Gasteiger partial charge in [0.15, 0.2) is 0 Å². The topological polar surface area (TPSA) is 39.9 Å². The predicted molar refractivity (Wildman–Crippen MR) is 142 cm³/mol. The Labute approximate surface area is 203 Å². The lowest BCUT2D eigenvalue weighted by Crippen LogP contribution is -2.09. The number of nitrogens with zero attached hydrogens (tertiary/aromatic N) is 3. The zero-order chi connectivity index (χ0) is 23.2. The summed E-state index contributed by atoms with van der Waals surface area (Å²) in [5.41, 5.74) is 7.16. The van der Waals surface area contributed by atoms with Gasteiger partial charge >= 0.3 is 0 Å². The van der Waals surface area contributed by atoms with Crippen LogP contribution in [0.1, 0.15) is 10.6 Å². The van der Waals surface area contributed by atoms with Crippen molar-refractivity contribution in [3.05, 3.63) is 131 Å². The Morgan fingerprint density at radius 2 is 1.24 bits per heavy atom. The average molecular weight is 456 g/mol. The second kappa shape index (κ2) is 9.99. The van der Waals surface area contributed by atoms with Gasteiger partial charge in [0.05, 0.1) is 5.57 Å². The maximum atomic E-state index is 9.47. The third-order valence-electron chi connectivity index (χ3n) is 5.49. The Bertz CT molecular complexity index is 1380. The van der Waals surface area contributed by atoms with Gasteiger partial charge in [-0.3, -0.25) is 0 Å². The van der Waals surface area contributed by atoms with Crippen LogP contribution < -0.4 is 4.90 Å². The van der Waals surface area contributed by atoms with Crippen molar-refractivity contribution in [2.24, 2.45) is 0 Å². The molecule has 0 N–H and O–H groups in total. The SMILES string of the molecule is N#CC(=Cc1ccc(-c2ccc(N(c3ccccc3)c3ccccc3)cc2)cc1)c1nccs1. The lowest BCUT2D eigenvalue weighted by atomic mass is 10.0. The van der Waals surface area contributed by atoms with E-state index in [0.29, 0.717) is 5.57 Å². The van der Waals surface area contributed by atoms with Crippen molar-refractivity contribution in [2.75, 3.05) is 4.90 Å². The fourth-order valence-electron chi connectivity index (χ4n) is 3.84. The first-order chi connectivity index (χ1) is 16.8. The van der Waals surface area contributed by atoms with Crippen LogP contribution in [0, 0.1) is 11.3 Å². The minimum absolute atomic E-state index is 0.578. The largest absolute Gasteiger partial charge is 0.311 e. The van der Waals surface area contributed by atoms with Crippen molar-refractivity contribution >= 4 is 40.0 Å². The normalized spacial score (nSPS) is 11.1. The molecule has 0 amide bonds. The predicted octanol–water partition coefficient (Wildman–Crippen LogP) is 8.34. The smallest absolute Gasteiger partial charge is 0.133 e. The molecule has 0 saturated carbocycles. The minimum Gasteiger partial charge on any atom is -0.311 e. The molecule has 162 valence electrons. The van der Waals surface area contributed by atoms with Gasteiger partial charge in [-0.25, -0.2) is 4.98 Å². The maximum Gasteiger partial charge on any atom is 0.133 e. The molecule has 0 atom stereocenters. The quantitative estimate of drug-likeness (QED) is 0.242. The van der Waals surface area contributed by atoms with Gasteiger partial charge in [-0.2, -0.15) is 5.26 Å².